The van der Waals surface area contributed by atoms with Gasteiger partial charge in [-0.15, -0.1) is 0 Å². The fourth-order valence-corrected chi connectivity index (χ4v) is 3.45. The van der Waals surface area contributed by atoms with Crippen molar-refractivity contribution < 1.29 is 19.0 Å². The summed E-state index contributed by atoms with van der Waals surface area (Å²) in [6, 6.07) is 19.5. The van der Waals surface area contributed by atoms with Gasteiger partial charge in [0.05, 0.1) is 6.04 Å². The molecule has 1 aliphatic rings. The van der Waals surface area contributed by atoms with Gasteiger partial charge < -0.3 is 19.5 Å². The molecule has 2 atom stereocenters. The van der Waals surface area contributed by atoms with Crippen molar-refractivity contribution in [2.45, 2.75) is 32.4 Å². The zero-order chi connectivity index (χ0) is 20.2. The summed E-state index contributed by atoms with van der Waals surface area (Å²) >= 11 is 0. The number of hydrogen-bond acceptors (Lipinski definition) is 4. The van der Waals surface area contributed by atoms with Crippen LogP contribution in [0.5, 0.6) is 17.2 Å². The van der Waals surface area contributed by atoms with Crippen LogP contribution >= 0.6 is 0 Å². The third-order valence-corrected chi connectivity index (χ3v) is 5.09. The zero-order valence-electron chi connectivity index (χ0n) is 16.7. The molecule has 0 bridgehead atoms. The van der Waals surface area contributed by atoms with Crippen molar-refractivity contribution in [1.29, 1.82) is 0 Å². The van der Waals surface area contributed by atoms with Gasteiger partial charge >= 0.3 is 0 Å². The summed E-state index contributed by atoms with van der Waals surface area (Å²) in [6.45, 7) is 4.99. The van der Waals surface area contributed by atoms with Gasteiger partial charge in [-0.2, -0.15) is 0 Å². The van der Waals surface area contributed by atoms with Crippen LogP contribution < -0.4 is 19.5 Å². The number of rotatable bonds is 6. The lowest BCUT2D eigenvalue weighted by molar-refractivity contribution is -0.128. The van der Waals surface area contributed by atoms with Crippen LogP contribution in [0, 0.1) is 0 Å². The van der Waals surface area contributed by atoms with Gasteiger partial charge in [0.1, 0.15) is 19.0 Å². The summed E-state index contributed by atoms with van der Waals surface area (Å²) in [5.74, 6) is 2.01. The van der Waals surface area contributed by atoms with E-state index in [0.29, 0.717) is 31.1 Å². The van der Waals surface area contributed by atoms with Gasteiger partial charge in [-0.25, -0.2) is 0 Å². The van der Waals surface area contributed by atoms with Crippen LogP contribution in [-0.4, -0.2) is 25.2 Å². The van der Waals surface area contributed by atoms with Crippen molar-refractivity contribution in [3.8, 4) is 17.2 Å². The van der Waals surface area contributed by atoms with Crippen LogP contribution in [0.25, 0.3) is 10.8 Å². The normalized spacial score (nSPS) is 14.8. The average molecular weight is 391 g/mol. The third kappa shape index (κ3) is 4.29. The number of benzene rings is 3. The van der Waals surface area contributed by atoms with Crippen LogP contribution in [0.15, 0.2) is 60.7 Å². The van der Waals surface area contributed by atoms with Crippen molar-refractivity contribution in [3.05, 3.63) is 66.2 Å². The maximum atomic E-state index is 12.8. The Morgan fingerprint density at radius 3 is 2.55 bits per heavy atom. The Bertz CT molecular complexity index is 1020. The molecule has 0 aliphatic carbocycles. The molecule has 0 saturated heterocycles. The number of amides is 1. The Balaban J connectivity index is 1.44. The molecule has 1 amide bonds. The van der Waals surface area contributed by atoms with E-state index in [4.69, 9.17) is 14.2 Å². The number of carbonyl (C=O) groups excluding carboxylic acids is 1. The molecule has 3 aromatic rings. The maximum Gasteiger partial charge on any atom is 0.261 e. The maximum absolute atomic E-state index is 12.8. The Kier molecular flexibility index (Phi) is 5.56. The van der Waals surface area contributed by atoms with Gasteiger partial charge in [0.25, 0.3) is 5.91 Å². The molecular formula is C24H25NO4. The van der Waals surface area contributed by atoms with Crippen molar-refractivity contribution in [3.63, 3.8) is 0 Å². The number of ether oxygens (including phenoxy) is 3. The predicted molar refractivity (Wildman–Crippen MR) is 113 cm³/mol. The molecule has 0 aromatic heterocycles. The van der Waals surface area contributed by atoms with E-state index in [9.17, 15) is 4.79 Å². The van der Waals surface area contributed by atoms with Crippen LogP contribution in [-0.2, 0) is 4.79 Å². The highest BCUT2D eigenvalue weighted by molar-refractivity contribution is 5.84. The summed E-state index contributed by atoms with van der Waals surface area (Å²) in [7, 11) is 0. The van der Waals surface area contributed by atoms with Gasteiger partial charge in [0, 0.05) is 0 Å². The van der Waals surface area contributed by atoms with E-state index >= 15 is 0 Å². The van der Waals surface area contributed by atoms with E-state index in [1.807, 2.05) is 68.4 Å². The Hall–Kier alpha value is -3.21. The first-order valence-electron chi connectivity index (χ1n) is 9.99. The van der Waals surface area contributed by atoms with Gasteiger partial charge in [-0.3, -0.25) is 4.79 Å². The molecule has 4 rings (SSSR count). The van der Waals surface area contributed by atoms with E-state index in [1.54, 1.807) is 0 Å². The van der Waals surface area contributed by atoms with Gasteiger partial charge in [0.15, 0.2) is 17.6 Å². The number of hydrogen-bond donors (Lipinski definition) is 1. The molecule has 0 saturated carbocycles. The third-order valence-electron chi connectivity index (χ3n) is 5.09. The first-order chi connectivity index (χ1) is 14.1. The molecule has 0 unspecified atom stereocenters. The van der Waals surface area contributed by atoms with Gasteiger partial charge in [-0.05, 0) is 53.9 Å². The first-order valence-corrected chi connectivity index (χ1v) is 9.99. The molecule has 29 heavy (non-hydrogen) atoms. The second-order valence-electron chi connectivity index (χ2n) is 7.16. The lowest BCUT2D eigenvalue weighted by Gasteiger charge is -2.23. The van der Waals surface area contributed by atoms with E-state index < -0.39 is 6.10 Å². The van der Waals surface area contributed by atoms with Crippen molar-refractivity contribution >= 4 is 16.7 Å². The summed E-state index contributed by atoms with van der Waals surface area (Å²) in [5, 5.41) is 5.28. The lowest BCUT2D eigenvalue weighted by atomic mass is 10.1. The minimum atomic E-state index is -0.559. The largest absolute Gasteiger partial charge is 0.486 e. The van der Waals surface area contributed by atoms with Crippen molar-refractivity contribution in [2.75, 3.05) is 13.2 Å². The predicted octanol–water partition coefficient (Wildman–Crippen LogP) is 4.65. The Morgan fingerprint density at radius 1 is 1.00 bits per heavy atom. The van der Waals surface area contributed by atoms with Crippen molar-refractivity contribution in [1.82, 2.24) is 5.32 Å². The summed E-state index contributed by atoms with van der Waals surface area (Å²) in [6.07, 6.45) is 0.0165. The van der Waals surface area contributed by atoms with Gasteiger partial charge in [0.2, 0.25) is 0 Å². The average Bonchev–Trinajstić information content (AvgIpc) is 2.76. The number of nitrogens with one attached hydrogen (secondary N) is 1. The second-order valence-corrected chi connectivity index (χ2v) is 7.16. The molecule has 1 aliphatic heterocycles. The molecule has 3 aromatic carbocycles. The van der Waals surface area contributed by atoms with Crippen molar-refractivity contribution in [2.24, 2.45) is 0 Å². The van der Waals surface area contributed by atoms with E-state index in [1.165, 1.54) is 0 Å². The molecule has 0 spiro atoms. The lowest BCUT2D eigenvalue weighted by Crippen LogP contribution is -2.39. The molecule has 5 nitrogen and oxygen atoms in total. The first kappa shape index (κ1) is 19.1. The van der Waals surface area contributed by atoms with E-state index in [2.05, 4.69) is 11.4 Å². The summed E-state index contributed by atoms with van der Waals surface area (Å²) in [4.78, 5) is 12.8. The number of carbonyl (C=O) groups is 1. The minimum Gasteiger partial charge on any atom is -0.486 e. The van der Waals surface area contributed by atoms with E-state index in [0.717, 1.165) is 22.1 Å². The van der Waals surface area contributed by atoms with Crippen LogP contribution in [0.3, 0.4) is 0 Å². The second kappa shape index (κ2) is 8.43. The fourth-order valence-electron chi connectivity index (χ4n) is 3.45. The zero-order valence-corrected chi connectivity index (χ0v) is 16.7. The quantitative estimate of drug-likeness (QED) is 0.665. The van der Waals surface area contributed by atoms with Crippen LogP contribution in [0.4, 0.5) is 0 Å². The molecule has 1 N–H and O–H groups in total. The minimum absolute atomic E-state index is 0.136. The highest BCUT2D eigenvalue weighted by atomic mass is 16.6. The van der Waals surface area contributed by atoms with Crippen LogP contribution in [0.2, 0.25) is 0 Å². The van der Waals surface area contributed by atoms with E-state index in [-0.39, 0.29) is 11.9 Å². The van der Waals surface area contributed by atoms with Gasteiger partial charge in [-0.1, -0.05) is 43.3 Å². The van der Waals surface area contributed by atoms with Crippen LogP contribution in [0.1, 0.15) is 31.9 Å². The Labute approximate surface area is 170 Å². The molecule has 1 heterocycles. The molecule has 0 fully saturated rings. The molecule has 0 radical (unpaired) electrons. The summed E-state index contributed by atoms with van der Waals surface area (Å²) < 4.78 is 17.2. The molecule has 150 valence electrons. The fraction of sp³-hybridized carbons (Fsp3) is 0.292. The topological polar surface area (TPSA) is 56.8 Å². The smallest absolute Gasteiger partial charge is 0.261 e. The highest BCUT2D eigenvalue weighted by Crippen LogP contribution is 2.32. The number of fused-ring (bicyclic) bond motifs is 2. The molecular weight excluding hydrogens is 366 g/mol. The Morgan fingerprint density at radius 2 is 1.76 bits per heavy atom. The SMILES string of the molecule is CC[C@@H](Oc1ccc2ccccc2c1)C(=O)N[C@H](C)c1ccc2c(c1)OCCO2. The standard InChI is InChI=1S/C24H25NO4/c1-3-21(29-20-10-8-17-6-4-5-7-19(17)14-20)24(26)25-16(2)18-9-11-22-23(15-18)28-13-12-27-22/h4-11,14-16,21H,3,12-13H2,1-2H3,(H,25,26)/t16-,21-/m1/s1. The molecule has 5 heteroatoms. The highest BCUT2D eigenvalue weighted by Gasteiger charge is 2.22. The monoisotopic (exact) mass is 391 g/mol. The summed E-state index contributed by atoms with van der Waals surface area (Å²) in [5.41, 5.74) is 0.961.